The molecule has 0 amide bonds. The summed E-state index contributed by atoms with van der Waals surface area (Å²) in [5.74, 6) is -2.24. The van der Waals surface area contributed by atoms with Gasteiger partial charge in [-0.05, 0) is 0 Å². The Labute approximate surface area is 567 Å². The van der Waals surface area contributed by atoms with Gasteiger partial charge in [0.15, 0.2) is 43.7 Å². The Balaban J connectivity index is 1.49. The zero-order valence-corrected chi connectivity index (χ0v) is 58.0. The maximum atomic E-state index is 13.3. The van der Waals surface area contributed by atoms with Gasteiger partial charge in [-0.15, -0.1) is 0 Å². The predicted octanol–water partition coefficient (Wildman–Crippen LogP) is -10.4. The van der Waals surface area contributed by atoms with Gasteiger partial charge in [0.05, 0.1) is 78.6 Å². The topological polar surface area (TPSA) is 659 Å². The van der Waals surface area contributed by atoms with Crippen LogP contribution in [-0.4, -0.2) is 367 Å². The minimum atomic E-state index is -6.35. The first-order chi connectivity index (χ1) is 46.3. The van der Waals surface area contributed by atoms with Crippen LogP contribution in [0.4, 0.5) is 0 Å². The van der Waals surface area contributed by atoms with Crippen molar-refractivity contribution in [2.24, 2.45) is 5.73 Å². The highest BCUT2D eigenvalue weighted by molar-refractivity contribution is 7.82. The molecule has 0 saturated carbocycles. The number of aliphatic carboxylic acids is 1. The van der Waals surface area contributed by atoms with Gasteiger partial charge in [-0.25, -0.2) is 50.5 Å². The molecular formula is C45H74NO47S6-7. The van der Waals surface area contributed by atoms with Gasteiger partial charge in [0.25, 0.3) is 0 Å². The molecule has 2 N–H and O–H groups in total. The van der Waals surface area contributed by atoms with E-state index in [9.17, 15) is 87.7 Å². The molecule has 0 spiro atoms. The molecule has 0 aromatic heterocycles. The number of carbonyl (C=O) groups is 1. The standard InChI is InChI=1S/C45H81NO47S6/c1-67-25-21(17-79-42(35(25)71-5)87-27-23(19-81-95(52,53)54)83-41(74-8)38(30(27)69-3)92-98(61,62)63)84-45-39(93-99(64,65)66)33(91-97(58,59)60)28(24(86-45)20-82-96(55,56)57)88-44-37(73-7)31(70-4)32(34(90-44)40(47)48)89-43-36(72-6)29(68-2)26(22(85-43)18-80-94(49,50)51)78-16-15-77-14-13-76-12-11-75-10-9-46/h21-39,41-45H,9-20,46H2,1-8H3,(H,47,48)(H,49,50,51)(H,52,53,54)(H,55,56,57)(H,58,59,60)(H,61,62,63)(H,64,65,66)/p-7/t21-,22-,23-,24-,25+,26-,27-,28-,29+,30+,31+,32+,33+,34+,35-,36-,37-,38-,39-,41+,42+,43-,44-,45+/m1/s1. The van der Waals surface area contributed by atoms with Crippen molar-refractivity contribution in [2.75, 3.05) is 136 Å². The van der Waals surface area contributed by atoms with E-state index in [1.165, 1.54) is 0 Å². The number of carboxylic acid groups (broad SMARTS) is 1. The Morgan fingerprint density at radius 2 is 0.707 bits per heavy atom. The first-order valence-corrected chi connectivity index (χ1v) is 36.3. The molecule has 99 heavy (non-hydrogen) atoms. The molecule has 5 aliphatic heterocycles. The molecular weight excluding hydrogens is 1500 g/mol. The van der Waals surface area contributed by atoms with Crippen molar-refractivity contribution in [2.45, 2.75) is 147 Å². The van der Waals surface area contributed by atoms with Crippen molar-refractivity contribution in [3.8, 4) is 0 Å². The highest BCUT2D eigenvalue weighted by Crippen LogP contribution is 2.40. The third kappa shape index (κ3) is 27.0. The Hall–Kier alpha value is -2.19. The van der Waals surface area contributed by atoms with E-state index in [-0.39, 0.29) is 39.6 Å². The minimum absolute atomic E-state index is 0.0579. The summed E-state index contributed by atoms with van der Waals surface area (Å²) in [7, 11) is -27.6. The number of carboxylic acids is 1. The van der Waals surface area contributed by atoms with E-state index in [0.717, 1.165) is 56.9 Å². The van der Waals surface area contributed by atoms with Crippen LogP contribution in [0.5, 0.6) is 0 Å². The lowest BCUT2D eigenvalue weighted by molar-refractivity contribution is -0.395. The third-order valence-corrected chi connectivity index (χ3v) is 17.2. The van der Waals surface area contributed by atoms with Crippen molar-refractivity contribution >= 4 is 68.4 Å². The van der Waals surface area contributed by atoms with Crippen LogP contribution in [0.2, 0.25) is 0 Å². The largest absolute Gasteiger partial charge is 0.726 e. The molecule has 5 fully saturated rings. The molecule has 54 heteroatoms. The first-order valence-electron chi connectivity index (χ1n) is 28.3. The molecule has 24 atom stereocenters. The van der Waals surface area contributed by atoms with Gasteiger partial charge in [-0.2, -0.15) is 0 Å². The van der Waals surface area contributed by atoms with Gasteiger partial charge in [-0.1, -0.05) is 0 Å². The molecule has 0 aromatic carbocycles. The number of hydrogen-bond donors (Lipinski definition) is 1. The normalized spacial score (nSPS) is 35.5. The molecule has 0 bridgehead atoms. The molecule has 0 unspecified atom stereocenters. The molecule has 5 heterocycles. The molecule has 5 saturated heterocycles. The molecule has 48 nitrogen and oxygen atoms in total. The number of hydrogen-bond acceptors (Lipinski definition) is 48. The van der Waals surface area contributed by atoms with Gasteiger partial charge in [0, 0.05) is 63.4 Å². The van der Waals surface area contributed by atoms with Crippen molar-refractivity contribution in [3.63, 3.8) is 0 Å². The average molecular weight is 1570 g/mol. The summed E-state index contributed by atoms with van der Waals surface area (Å²) in [6.07, 6.45) is -50.6. The lowest BCUT2D eigenvalue weighted by Crippen LogP contribution is -2.69. The second-order valence-corrected chi connectivity index (χ2v) is 26.8. The SMILES string of the molecule is CO[C@H]1O[C@H](COS(=O)(=O)[O-])[C@@H](O[C@@H]2OC[C@@H](O[C@H]3O[C@H](COS(=O)(=O)[O-])[C@@H](O[C@@H]4O[C@H](C(=O)[O-])[C@@H](O[C@H]5O[C@H](COS(=O)(=O)[O-])[C@@H](OCCOCCOCCOCCN)[C@H](OC)[C@H]5OC)[C@H](OC)[C@H]4OC)[C@H](OS(=O)(=O)[O-])[C@H]3OS(=O)(=O)[O-])[C@H](OC)[C@H]2OC)[C@H](OC)[C@H]1OS(=O)(=O)[O-]. The van der Waals surface area contributed by atoms with Crippen LogP contribution in [0.15, 0.2) is 0 Å². The van der Waals surface area contributed by atoms with Crippen LogP contribution in [0.1, 0.15) is 0 Å². The summed E-state index contributed by atoms with van der Waals surface area (Å²) in [6, 6.07) is 0. The van der Waals surface area contributed by atoms with E-state index in [1.807, 2.05) is 0 Å². The van der Waals surface area contributed by atoms with Crippen LogP contribution >= 0.6 is 0 Å². The average Bonchev–Trinajstić information content (AvgIpc) is 0.778. The highest BCUT2D eigenvalue weighted by Gasteiger charge is 2.60. The Morgan fingerprint density at radius 3 is 1.13 bits per heavy atom. The van der Waals surface area contributed by atoms with E-state index in [2.05, 4.69) is 20.9 Å². The Bertz CT molecular complexity index is 3160. The molecule has 5 rings (SSSR count). The van der Waals surface area contributed by atoms with Gasteiger partial charge in [-0.3, -0.25) is 25.1 Å². The van der Waals surface area contributed by atoms with Crippen LogP contribution in [0, 0.1) is 0 Å². The summed E-state index contributed by atoms with van der Waals surface area (Å²) in [5.41, 5.74) is 5.38. The van der Waals surface area contributed by atoms with Crippen molar-refractivity contribution in [1.82, 2.24) is 0 Å². The summed E-state index contributed by atoms with van der Waals surface area (Å²) in [5, 5.41) is 13.3. The van der Waals surface area contributed by atoms with Gasteiger partial charge in [0.1, 0.15) is 104 Å². The summed E-state index contributed by atoms with van der Waals surface area (Å²) < 4.78 is 364. The molecule has 5 aliphatic rings. The molecule has 0 aromatic rings. The van der Waals surface area contributed by atoms with E-state index >= 15 is 0 Å². The Kier molecular flexibility index (Phi) is 34.8. The predicted molar refractivity (Wildman–Crippen MR) is 293 cm³/mol. The zero-order valence-electron chi connectivity index (χ0n) is 53.1. The fourth-order valence-corrected chi connectivity index (χ4v) is 13.1. The van der Waals surface area contributed by atoms with Crippen LogP contribution in [0.3, 0.4) is 0 Å². The lowest BCUT2D eigenvalue weighted by atomic mass is 9.95. The monoisotopic (exact) mass is 1570 g/mol. The minimum Gasteiger partial charge on any atom is -0.726 e. The van der Waals surface area contributed by atoms with E-state index in [0.29, 0.717) is 13.2 Å². The summed E-state index contributed by atoms with van der Waals surface area (Å²) in [6.45, 7) is -4.17. The van der Waals surface area contributed by atoms with Crippen molar-refractivity contribution in [3.05, 3.63) is 0 Å². The van der Waals surface area contributed by atoms with Crippen molar-refractivity contribution < 1.29 is 212 Å². The number of methoxy groups -OCH3 is 8. The van der Waals surface area contributed by atoms with E-state index in [1.54, 1.807) is 0 Å². The fourth-order valence-electron chi connectivity index (χ4n) is 10.7. The van der Waals surface area contributed by atoms with Crippen LogP contribution in [-0.2, 0) is 192 Å². The second kappa shape index (κ2) is 39.4. The van der Waals surface area contributed by atoms with Gasteiger partial charge >= 0.3 is 0 Å². The van der Waals surface area contributed by atoms with Crippen LogP contribution in [0.25, 0.3) is 0 Å². The number of ether oxygens (including phenoxy) is 21. The molecule has 0 radical (unpaired) electrons. The van der Waals surface area contributed by atoms with Crippen molar-refractivity contribution in [1.29, 1.82) is 0 Å². The second-order valence-electron chi connectivity index (χ2n) is 20.6. The van der Waals surface area contributed by atoms with Crippen LogP contribution < -0.4 is 10.8 Å². The number of nitrogens with two attached hydrogens (primary N) is 1. The van der Waals surface area contributed by atoms with Gasteiger partial charge in [0.2, 0.25) is 62.4 Å². The lowest BCUT2D eigenvalue weighted by Gasteiger charge is -2.51. The Morgan fingerprint density at radius 1 is 0.364 bits per heavy atom. The highest BCUT2D eigenvalue weighted by atomic mass is 32.3. The first kappa shape index (κ1) is 87.4. The fraction of sp³-hybridized carbons (Fsp3) is 0.978. The summed E-state index contributed by atoms with van der Waals surface area (Å²) in [4.78, 5) is 13.3. The summed E-state index contributed by atoms with van der Waals surface area (Å²) >= 11 is 0. The van der Waals surface area contributed by atoms with E-state index in [4.69, 9.17) is 109 Å². The maximum Gasteiger partial charge on any atom is 0.218 e. The van der Waals surface area contributed by atoms with E-state index < -0.39 is 242 Å². The molecule has 584 valence electrons. The maximum absolute atomic E-state index is 13.3. The molecule has 0 aliphatic carbocycles. The number of carbonyl (C=O) groups excluding carboxylic acids is 1. The van der Waals surface area contributed by atoms with Gasteiger partial charge < -0.3 is 142 Å². The smallest absolute Gasteiger partial charge is 0.218 e. The zero-order chi connectivity index (χ0) is 74.0. The third-order valence-electron chi connectivity index (χ3n) is 14.6. The number of rotatable bonds is 44. The quantitative estimate of drug-likeness (QED) is 0.0336.